The molecule has 6 heteroatoms. The van der Waals surface area contributed by atoms with Gasteiger partial charge < -0.3 is 5.11 Å². The SMILES string of the molecule is CC(C)(O)C1=CN=C(c2nn(-c3ccc(F)cc3)cc2I)CC1. The largest absolute Gasteiger partial charge is 0.386 e. The van der Waals surface area contributed by atoms with E-state index in [1.54, 1.807) is 36.9 Å². The average molecular weight is 425 g/mol. The quantitative estimate of drug-likeness (QED) is 0.760. The van der Waals surface area contributed by atoms with Gasteiger partial charge in [0.1, 0.15) is 11.5 Å². The lowest BCUT2D eigenvalue weighted by molar-refractivity contribution is 0.115. The van der Waals surface area contributed by atoms with Crippen LogP contribution in [0.2, 0.25) is 0 Å². The van der Waals surface area contributed by atoms with Crippen LogP contribution in [0.25, 0.3) is 5.69 Å². The van der Waals surface area contributed by atoms with Crippen molar-refractivity contribution in [2.75, 3.05) is 0 Å². The van der Waals surface area contributed by atoms with Crippen molar-refractivity contribution in [3.63, 3.8) is 0 Å². The Morgan fingerprint density at radius 1 is 1.22 bits per heavy atom. The maximum atomic E-state index is 13.0. The molecule has 0 saturated carbocycles. The number of aliphatic hydroxyl groups is 1. The number of aromatic nitrogens is 2. The summed E-state index contributed by atoms with van der Waals surface area (Å²) >= 11 is 2.23. The van der Waals surface area contributed by atoms with Gasteiger partial charge >= 0.3 is 0 Å². The molecule has 0 radical (unpaired) electrons. The molecule has 0 unspecified atom stereocenters. The summed E-state index contributed by atoms with van der Waals surface area (Å²) in [5.41, 5.74) is 2.63. The third kappa shape index (κ3) is 3.53. The minimum absolute atomic E-state index is 0.267. The van der Waals surface area contributed by atoms with Gasteiger partial charge in [-0.25, -0.2) is 9.07 Å². The molecule has 3 rings (SSSR count). The summed E-state index contributed by atoms with van der Waals surface area (Å²) < 4.78 is 15.8. The maximum absolute atomic E-state index is 13.0. The molecular formula is C17H17FIN3O. The Morgan fingerprint density at radius 2 is 1.91 bits per heavy atom. The van der Waals surface area contributed by atoms with E-state index in [9.17, 15) is 9.50 Å². The summed E-state index contributed by atoms with van der Waals surface area (Å²) in [7, 11) is 0. The van der Waals surface area contributed by atoms with Crippen molar-refractivity contribution in [2.45, 2.75) is 32.3 Å². The van der Waals surface area contributed by atoms with Crippen LogP contribution in [0.4, 0.5) is 4.39 Å². The highest BCUT2D eigenvalue weighted by Gasteiger charge is 2.24. The van der Waals surface area contributed by atoms with Crippen LogP contribution in [0.15, 0.2) is 47.2 Å². The predicted octanol–water partition coefficient (Wildman–Crippen LogP) is 3.85. The molecule has 23 heavy (non-hydrogen) atoms. The fraction of sp³-hybridized carbons (Fsp3) is 0.294. The molecule has 0 amide bonds. The van der Waals surface area contributed by atoms with Crippen molar-refractivity contribution in [2.24, 2.45) is 4.99 Å². The van der Waals surface area contributed by atoms with Gasteiger partial charge in [0.15, 0.2) is 0 Å². The van der Waals surface area contributed by atoms with E-state index in [4.69, 9.17) is 0 Å². The Hall–Kier alpha value is -1.54. The van der Waals surface area contributed by atoms with Gasteiger partial charge in [0, 0.05) is 12.4 Å². The fourth-order valence-electron chi connectivity index (χ4n) is 2.46. The van der Waals surface area contributed by atoms with Gasteiger partial charge in [-0.15, -0.1) is 0 Å². The van der Waals surface area contributed by atoms with Crippen LogP contribution < -0.4 is 0 Å². The first-order valence-corrected chi connectivity index (χ1v) is 8.42. The highest BCUT2D eigenvalue weighted by molar-refractivity contribution is 14.1. The molecule has 1 aromatic heterocycles. The van der Waals surface area contributed by atoms with Gasteiger partial charge in [-0.3, -0.25) is 4.99 Å². The van der Waals surface area contributed by atoms with E-state index in [1.807, 2.05) is 6.20 Å². The molecule has 120 valence electrons. The third-order valence-electron chi connectivity index (χ3n) is 3.83. The summed E-state index contributed by atoms with van der Waals surface area (Å²) in [5.74, 6) is -0.267. The highest BCUT2D eigenvalue weighted by Crippen LogP contribution is 2.27. The summed E-state index contributed by atoms with van der Waals surface area (Å²) in [6.07, 6.45) is 5.15. The van der Waals surface area contributed by atoms with E-state index in [0.29, 0.717) is 0 Å². The molecule has 0 aliphatic carbocycles. The lowest BCUT2D eigenvalue weighted by atomic mass is 9.92. The standard InChI is InChI=1S/C17H17FIN3O/c1-17(2,23)11-3-8-15(20-9-11)16-14(19)10-22(21-16)13-6-4-12(18)5-7-13/h4-7,9-10,23H,3,8H2,1-2H3. The molecule has 0 saturated heterocycles. The number of benzene rings is 1. The van der Waals surface area contributed by atoms with Gasteiger partial charge in [0.25, 0.3) is 0 Å². The smallest absolute Gasteiger partial charge is 0.123 e. The number of aliphatic imine (C=N–C) groups is 1. The van der Waals surface area contributed by atoms with Crippen molar-refractivity contribution in [1.29, 1.82) is 0 Å². The molecule has 0 fully saturated rings. The van der Waals surface area contributed by atoms with Crippen LogP contribution in [-0.2, 0) is 0 Å². The first kappa shape index (κ1) is 16.3. The van der Waals surface area contributed by atoms with Crippen LogP contribution >= 0.6 is 22.6 Å². The second-order valence-corrected chi connectivity index (χ2v) is 7.20. The van der Waals surface area contributed by atoms with E-state index in [-0.39, 0.29) is 5.82 Å². The van der Waals surface area contributed by atoms with Crippen molar-refractivity contribution in [1.82, 2.24) is 9.78 Å². The number of hydrogen-bond donors (Lipinski definition) is 1. The monoisotopic (exact) mass is 425 g/mol. The number of nitrogens with zero attached hydrogens (tertiary/aromatic N) is 3. The van der Waals surface area contributed by atoms with Crippen LogP contribution in [0.5, 0.6) is 0 Å². The number of rotatable bonds is 3. The van der Waals surface area contributed by atoms with Crippen LogP contribution in [0.1, 0.15) is 32.4 Å². The van der Waals surface area contributed by atoms with Gasteiger partial charge in [-0.05, 0) is 79.1 Å². The van der Waals surface area contributed by atoms with Crippen molar-refractivity contribution < 1.29 is 9.50 Å². The molecule has 1 aliphatic heterocycles. The first-order valence-electron chi connectivity index (χ1n) is 7.34. The van der Waals surface area contributed by atoms with Gasteiger partial charge in [0.2, 0.25) is 0 Å². The summed E-state index contributed by atoms with van der Waals surface area (Å²) in [6.45, 7) is 3.54. The van der Waals surface area contributed by atoms with Crippen LogP contribution in [0, 0.1) is 9.39 Å². The molecule has 0 bridgehead atoms. The zero-order valence-corrected chi connectivity index (χ0v) is 15.1. The number of hydrogen-bond acceptors (Lipinski definition) is 3. The maximum Gasteiger partial charge on any atom is 0.123 e. The first-order chi connectivity index (χ1) is 10.8. The van der Waals surface area contributed by atoms with Gasteiger partial charge in [-0.2, -0.15) is 5.10 Å². The van der Waals surface area contributed by atoms with Crippen LogP contribution in [-0.4, -0.2) is 26.2 Å². The molecule has 0 atom stereocenters. The molecular weight excluding hydrogens is 408 g/mol. The second-order valence-electron chi connectivity index (χ2n) is 6.04. The minimum atomic E-state index is -0.838. The summed E-state index contributed by atoms with van der Waals surface area (Å²) in [6, 6.07) is 6.22. The van der Waals surface area contributed by atoms with E-state index < -0.39 is 5.60 Å². The Bertz CT molecular complexity index is 785. The topological polar surface area (TPSA) is 50.4 Å². The Labute approximate surface area is 147 Å². The summed E-state index contributed by atoms with van der Waals surface area (Å²) in [4.78, 5) is 4.48. The predicted molar refractivity (Wildman–Crippen MR) is 96.4 cm³/mol. The summed E-state index contributed by atoms with van der Waals surface area (Å²) in [5, 5.41) is 14.6. The van der Waals surface area contributed by atoms with E-state index >= 15 is 0 Å². The van der Waals surface area contributed by atoms with E-state index in [2.05, 4.69) is 32.7 Å². The molecule has 4 nitrogen and oxygen atoms in total. The van der Waals surface area contributed by atoms with Crippen molar-refractivity contribution in [3.8, 4) is 5.69 Å². The highest BCUT2D eigenvalue weighted by atomic mass is 127. The fourth-order valence-corrected chi connectivity index (χ4v) is 3.14. The average Bonchev–Trinajstić information content (AvgIpc) is 2.89. The molecule has 0 spiro atoms. The Morgan fingerprint density at radius 3 is 2.48 bits per heavy atom. The minimum Gasteiger partial charge on any atom is -0.386 e. The Balaban J connectivity index is 1.92. The number of halogens is 2. The Kier molecular flexibility index (Phi) is 4.37. The second kappa shape index (κ2) is 6.16. The molecule has 2 aromatic rings. The zero-order chi connectivity index (χ0) is 16.6. The molecule has 1 aromatic carbocycles. The third-order valence-corrected chi connectivity index (χ3v) is 4.62. The lowest BCUT2D eigenvalue weighted by Gasteiger charge is -2.23. The van der Waals surface area contributed by atoms with Gasteiger partial charge in [0.05, 0.1) is 20.6 Å². The molecule has 2 heterocycles. The van der Waals surface area contributed by atoms with Crippen molar-refractivity contribution >= 4 is 28.3 Å². The van der Waals surface area contributed by atoms with Gasteiger partial charge in [-0.1, -0.05) is 0 Å². The molecule has 1 aliphatic rings. The normalized spacial score (nSPS) is 15.3. The van der Waals surface area contributed by atoms with E-state index in [0.717, 1.165) is 39.1 Å². The van der Waals surface area contributed by atoms with Crippen molar-refractivity contribution in [3.05, 3.63) is 57.3 Å². The molecule has 1 N–H and O–H groups in total. The lowest BCUT2D eigenvalue weighted by Crippen LogP contribution is -2.24. The van der Waals surface area contributed by atoms with E-state index in [1.165, 1.54) is 12.1 Å². The zero-order valence-electron chi connectivity index (χ0n) is 12.9. The van der Waals surface area contributed by atoms with Crippen LogP contribution in [0.3, 0.4) is 0 Å².